The molecule has 0 unspecified atom stereocenters. The van der Waals surface area contributed by atoms with E-state index in [2.05, 4.69) is 10.3 Å². The van der Waals surface area contributed by atoms with Crippen molar-refractivity contribution in [1.82, 2.24) is 14.9 Å². The maximum atomic E-state index is 5.21. The second-order valence-electron chi connectivity index (χ2n) is 2.53. The maximum absolute atomic E-state index is 5.21. The van der Waals surface area contributed by atoms with Crippen LogP contribution in [0.1, 0.15) is 12.6 Å². The highest BCUT2D eigenvalue weighted by Gasteiger charge is 1.95. The Morgan fingerprint density at radius 1 is 1.67 bits per heavy atom. The summed E-state index contributed by atoms with van der Waals surface area (Å²) in [6.45, 7) is 4.11. The van der Waals surface area contributed by atoms with E-state index in [1.54, 1.807) is 6.33 Å². The standard InChI is InChI=1S/C8H15N3O/c1-3-12-7-11-5-8(4-9-2)10-6-11/h5-6,9H,3-4,7H2,1-2H3. The van der Waals surface area contributed by atoms with Gasteiger partial charge in [0, 0.05) is 19.3 Å². The molecule has 1 aromatic rings. The molecule has 1 aromatic heterocycles. The van der Waals surface area contributed by atoms with Crippen molar-refractivity contribution in [3.8, 4) is 0 Å². The van der Waals surface area contributed by atoms with Crippen molar-refractivity contribution in [2.24, 2.45) is 0 Å². The van der Waals surface area contributed by atoms with E-state index in [1.165, 1.54) is 0 Å². The van der Waals surface area contributed by atoms with E-state index < -0.39 is 0 Å². The molecule has 0 aliphatic carbocycles. The number of rotatable bonds is 5. The molecule has 0 fully saturated rings. The molecule has 0 amide bonds. The minimum atomic E-state index is 0.590. The third kappa shape index (κ3) is 2.64. The van der Waals surface area contributed by atoms with Gasteiger partial charge >= 0.3 is 0 Å². The average Bonchev–Trinajstić information content (AvgIpc) is 2.50. The van der Waals surface area contributed by atoms with Crippen LogP contribution in [-0.4, -0.2) is 23.2 Å². The van der Waals surface area contributed by atoms with Crippen molar-refractivity contribution >= 4 is 0 Å². The van der Waals surface area contributed by atoms with E-state index in [0.717, 1.165) is 18.8 Å². The number of nitrogens with zero attached hydrogens (tertiary/aromatic N) is 2. The van der Waals surface area contributed by atoms with Crippen LogP contribution in [0.25, 0.3) is 0 Å². The maximum Gasteiger partial charge on any atom is 0.123 e. The molecular weight excluding hydrogens is 154 g/mol. The molecule has 0 spiro atoms. The van der Waals surface area contributed by atoms with Gasteiger partial charge in [-0.1, -0.05) is 0 Å². The van der Waals surface area contributed by atoms with E-state index >= 15 is 0 Å². The van der Waals surface area contributed by atoms with E-state index in [1.807, 2.05) is 24.7 Å². The van der Waals surface area contributed by atoms with Crippen molar-refractivity contribution in [3.63, 3.8) is 0 Å². The normalized spacial score (nSPS) is 10.5. The zero-order valence-corrected chi connectivity index (χ0v) is 7.58. The predicted octanol–water partition coefficient (Wildman–Crippen LogP) is 0.596. The Morgan fingerprint density at radius 2 is 2.50 bits per heavy atom. The quantitative estimate of drug-likeness (QED) is 0.701. The average molecular weight is 169 g/mol. The fraction of sp³-hybridized carbons (Fsp3) is 0.625. The molecule has 4 nitrogen and oxygen atoms in total. The molecule has 0 saturated heterocycles. The topological polar surface area (TPSA) is 39.1 Å². The Balaban J connectivity index is 2.41. The zero-order chi connectivity index (χ0) is 8.81. The summed E-state index contributed by atoms with van der Waals surface area (Å²) in [5.74, 6) is 0. The van der Waals surface area contributed by atoms with Crippen molar-refractivity contribution in [2.45, 2.75) is 20.2 Å². The lowest BCUT2D eigenvalue weighted by Gasteiger charge is -1.99. The number of hydrogen-bond acceptors (Lipinski definition) is 3. The molecule has 0 aliphatic heterocycles. The summed E-state index contributed by atoms with van der Waals surface area (Å²) >= 11 is 0. The number of hydrogen-bond donors (Lipinski definition) is 1. The number of aromatic nitrogens is 2. The Labute approximate surface area is 72.6 Å². The molecule has 68 valence electrons. The van der Waals surface area contributed by atoms with Crippen LogP contribution in [0.3, 0.4) is 0 Å². The molecule has 12 heavy (non-hydrogen) atoms. The molecule has 1 N–H and O–H groups in total. The Kier molecular flexibility index (Phi) is 3.76. The third-order valence-electron chi connectivity index (χ3n) is 1.49. The predicted molar refractivity (Wildman–Crippen MR) is 46.6 cm³/mol. The summed E-state index contributed by atoms with van der Waals surface area (Å²) in [4.78, 5) is 4.18. The molecule has 0 saturated carbocycles. The third-order valence-corrected chi connectivity index (χ3v) is 1.49. The lowest BCUT2D eigenvalue weighted by atomic mass is 10.5. The minimum Gasteiger partial charge on any atom is -0.361 e. The van der Waals surface area contributed by atoms with Gasteiger partial charge in [-0.05, 0) is 14.0 Å². The van der Waals surface area contributed by atoms with Gasteiger partial charge in [0.2, 0.25) is 0 Å². The summed E-state index contributed by atoms with van der Waals surface area (Å²) in [7, 11) is 1.90. The van der Waals surface area contributed by atoms with E-state index in [4.69, 9.17) is 4.74 Å². The summed E-state index contributed by atoms with van der Waals surface area (Å²) in [5.41, 5.74) is 1.04. The van der Waals surface area contributed by atoms with Crippen LogP contribution in [0.15, 0.2) is 12.5 Å². The largest absolute Gasteiger partial charge is 0.361 e. The van der Waals surface area contributed by atoms with E-state index in [0.29, 0.717) is 6.73 Å². The van der Waals surface area contributed by atoms with Gasteiger partial charge in [-0.25, -0.2) is 4.98 Å². The van der Waals surface area contributed by atoms with Crippen LogP contribution in [-0.2, 0) is 18.0 Å². The van der Waals surface area contributed by atoms with Gasteiger partial charge in [0.05, 0.1) is 12.0 Å². The minimum absolute atomic E-state index is 0.590. The lowest BCUT2D eigenvalue weighted by Crippen LogP contribution is -2.05. The first kappa shape index (κ1) is 9.22. The van der Waals surface area contributed by atoms with Crippen LogP contribution < -0.4 is 5.32 Å². The molecular formula is C8H15N3O. The second-order valence-corrected chi connectivity index (χ2v) is 2.53. The van der Waals surface area contributed by atoms with Gasteiger partial charge < -0.3 is 14.6 Å². The Hall–Kier alpha value is -0.870. The molecule has 0 radical (unpaired) electrons. The van der Waals surface area contributed by atoms with Gasteiger partial charge in [-0.15, -0.1) is 0 Å². The Bertz CT molecular complexity index is 222. The first-order valence-corrected chi connectivity index (χ1v) is 4.09. The van der Waals surface area contributed by atoms with Gasteiger partial charge in [-0.2, -0.15) is 0 Å². The highest BCUT2D eigenvalue weighted by Crippen LogP contribution is 1.95. The highest BCUT2D eigenvalue weighted by molar-refractivity contribution is 4.95. The molecule has 4 heteroatoms. The molecule has 0 atom stereocenters. The van der Waals surface area contributed by atoms with Gasteiger partial charge in [-0.3, -0.25) is 0 Å². The van der Waals surface area contributed by atoms with Gasteiger partial charge in [0.15, 0.2) is 0 Å². The molecule has 1 rings (SSSR count). The molecule has 1 heterocycles. The zero-order valence-electron chi connectivity index (χ0n) is 7.58. The van der Waals surface area contributed by atoms with Crippen LogP contribution in [0.5, 0.6) is 0 Å². The summed E-state index contributed by atoms with van der Waals surface area (Å²) in [6, 6.07) is 0. The monoisotopic (exact) mass is 169 g/mol. The fourth-order valence-corrected chi connectivity index (χ4v) is 0.946. The van der Waals surface area contributed by atoms with Crippen molar-refractivity contribution in [3.05, 3.63) is 18.2 Å². The smallest absolute Gasteiger partial charge is 0.123 e. The summed E-state index contributed by atoms with van der Waals surface area (Å²) in [6.07, 6.45) is 3.76. The first-order chi connectivity index (χ1) is 5.86. The van der Waals surface area contributed by atoms with Crippen molar-refractivity contribution < 1.29 is 4.74 Å². The molecule has 0 bridgehead atoms. The molecule has 0 aliphatic rings. The van der Waals surface area contributed by atoms with Crippen molar-refractivity contribution in [2.75, 3.05) is 13.7 Å². The molecule has 0 aromatic carbocycles. The Morgan fingerprint density at radius 3 is 3.17 bits per heavy atom. The second kappa shape index (κ2) is 4.90. The summed E-state index contributed by atoms with van der Waals surface area (Å²) in [5, 5.41) is 3.04. The van der Waals surface area contributed by atoms with E-state index in [-0.39, 0.29) is 0 Å². The van der Waals surface area contributed by atoms with Crippen LogP contribution >= 0.6 is 0 Å². The van der Waals surface area contributed by atoms with E-state index in [9.17, 15) is 0 Å². The van der Waals surface area contributed by atoms with Crippen LogP contribution in [0.4, 0.5) is 0 Å². The van der Waals surface area contributed by atoms with Crippen LogP contribution in [0, 0.1) is 0 Å². The SMILES string of the molecule is CCOCn1cnc(CNC)c1. The fourth-order valence-electron chi connectivity index (χ4n) is 0.946. The number of ether oxygens (including phenoxy) is 1. The van der Waals surface area contributed by atoms with Gasteiger partial charge in [0.25, 0.3) is 0 Å². The van der Waals surface area contributed by atoms with Crippen LogP contribution in [0.2, 0.25) is 0 Å². The summed E-state index contributed by atoms with van der Waals surface area (Å²) < 4.78 is 7.14. The number of nitrogens with one attached hydrogen (secondary N) is 1. The van der Waals surface area contributed by atoms with Crippen molar-refractivity contribution in [1.29, 1.82) is 0 Å². The van der Waals surface area contributed by atoms with Gasteiger partial charge in [0.1, 0.15) is 6.73 Å². The highest BCUT2D eigenvalue weighted by atomic mass is 16.5. The number of imidazole rings is 1. The first-order valence-electron chi connectivity index (χ1n) is 4.09. The lowest BCUT2D eigenvalue weighted by molar-refractivity contribution is 0.0877.